The van der Waals surface area contributed by atoms with Gasteiger partial charge < -0.3 is 15.6 Å². The van der Waals surface area contributed by atoms with Gasteiger partial charge in [-0.1, -0.05) is 0 Å². The topological polar surface area (TPSA) is 75.0 Å². The van der Waals surface area contributed by atoms with Crippen LogP contribution in [0.15, 0.2) is 36.8 Å². The molecule has 0 aliphatic carbocycles. The highest BCUT2D eigenvalue weighted by atomic mass is 16.2. The molecule has 0 atom stereocenters. The molecule has 0 radical (unpaired) electrons. The molecule has 0 fully saturated rings. The zero-order valence-corrected chi connectivity index (χ0v) is 11.0. The quantitative estimate of drug-likeness (QED) is 0.845. The summed E-state index contributed by atoms with van der Waals surface area (Å²) < 4.78 is 0. The van der Waals surface area contributed by atoms with E-state index in [0.717, 1.165) is 12.1 Å². The molecule has 0 aliphatic heterocycles. The van der Waals surface area contributed by atoms with E-state index in [1.165, 1.54) is 5.56 Å². The van der Waals surface area contributed by atoms with Gasteiger partial charge in [-0.3, -0.25) is 9.78 Å². The number of likely N-dealkylation sites (N-methyl/N-ethyl adjacent to an activating group) is 1. The number of hydrogen-bond donors (Lipinski definition) is 2. The van der Waals surface area contributed by atoms with Crippen LogP contribution >= 0.6 is 0 Å². The molecule has 100 valence electrons. The lowest BCUT2D eigenvalue weighted by Crippen LogP contribution is -2.29. The lowest BCUT2D eigenvalue weighted by atomic mass is 10.2. The summed E-state index contributed by atoms with van der Waals surface area (Å²) in [7, 11) is 1.80. The number of hydrogen-bond acceptors (Lipinski definition) is 3. The van der Waals surface area contributed by atoms with Crippen LogP contribution in [0.1, 0.15) is 21.6 Å². The molecule has 0 bridgehead atoms. The van der Waals surface area contributed by atoms with E-state index in [4.69, 9.17) is 5.73 Å². The zero-order chi connectivity index (χ0) is 13.7. The minimum absolute atomic E-state index is 0.00682. The molecule has 2 rings (SSSR count). The number of pyridine rings is 1. The van der Waals surface area contributed by atoms with Crippen LogP contribution in [0.5, 0.6) is 0 Å². The Hall–Kier alpha value is -2.14. The van der Waals surface area contributed by atoms with Crippen molar-refractivity contribution in [3.05, 3.63) is 53.6 Å². The Balaban J connectivity index is 1.97. The van der Waals surface area contributed by atoms with Gasteiger partial charge in [0.15, 0.2) is 0 Å². The molecule has 3 N–H and O–H groups in total. The van der Waals surface area contributed by atoms with E-state index in [1.807, 2.05) is 18.5 Å². The second-order valence-corrected chi connectivity index (χ2v) is 4.44. The number of carbonyl (C=O) groups excluding carboxylic acids is 1. The van der Waals surface area contributed by atoms with E-state index >= 15 is 0 Å². The van der Waals surface area contributed by atoms with Crippen molar-refractivity contribution in [2.24, 2.45) is 5.73 Å². The minimum atomic E-state index is -0.00682. The normalized spacial score (nSPS) is 10.4. The van der Waals surface area contributed by atoms with Crippen molar-refractivity contribution in [1.29, 1.82) is 0 Å². The molecular weight excluding hydrogens is 240 g/mol. The van der Waals surface area contributed by atoms with E-state index in [-0.39, 0.29) is 5.91 Å². The number of aromatic amines is 1. The molecule has 19 heavy (non-hydrogen) atoms. The lowest BCUT2D eigenvalue weighted by Gasteiger charge is -2.17. The van der Waals surface area contributed by atoms with Crippen LogP contribution in [0.2, 0.25) is 0 Å². The minimum Gasteiger partial charge on any atom is -0.367 e. The number of aromatic nitrogens is 2. The summed E-state index contributed by atoms with van der Waals surface area (Å²) in [4.78, 5) is 21.0. The SMILES string of the molecule is CN(CCc1cc[nH]c1)C(=O)c1ccnc(CN)c1. The van der Waals surface area contributed by atoms with Crippen molar-refractivity contribution < 1.29 is 4.79 Å². The summed E-state index contributed by atoms with van der Waals surface area (Å²) in [5.74, 6) is -0.00682. The fourth-order valence-electron chi connectivity index (χ4n) is 1.86. The molecule has 0 unspecified atom stereocenters. The van der Waals surface area contributed by atoms with Crippen molar-refractivity contribution >= 4 is 5.91 Å². The van der Waals surface area contributed by atoms with Crippen LogP contribution in [0.25, 0.3) is 0 Å². The Bertz CT molecular complexity index is 536. The van der Waals surface area contributed by atoms with Gasteiger partial charge in [0.05, 0.1) is 5.69 Å². The predicted molar refractivity (Wildman–Crippen MR) is 73.6 cm³/mol. The van der Waals surface area contributed by atoms with Crippen LogP contribution < -0.4 is 5.73 Å². The van der Waals surface area contributed by atoms with E-state index in [2.05, 4.69) is 9.97 Å². The second-order valence-electron chi connectivity index (χ2n) is 4.44. The Kier molecular flexibility index (Phi) is 4.30. The van der Waals surface area contributed by atoms with Crippen LogP contribution in [-0.4, -0.2) is 34.4 Å². The largest absolute Gasteiger partial charge is 0.367 e. The van der Waals surface area contributed by atoms with Gasteiger partial charge in [0.2, 0.25) is 0 Å². The van der Waals surface area contributed by atoms with Crippen molar-refractivity contribution in [3.8, 4) is 0 Å². The summed E-state index contributed by atoms with van der Waals surface area (Å²) in [6, 6.07) is 5.47. The van der Waals surface area contributed by atoms with E-state index in [0.29, 0.717) is 18.7 Å². The summed E-state index contributed by atoms with van der Waals surface area (Å²) in [5.41, 5.74) is 8.08. The highest BCUT2D eigenvalue weighted by Crippen LogP contribution is 2.06. The van der Waals surface area contributed by atoms with Gasteiger partial charge in [-0.05, 0) is 30.2 Å². The summed E-state index contributed by atoms with van der Waals surface area (Å²) >= 11 is 0. The molecule has 2 heterocycles. The van der Waals surface area contributed by atoms with Crippen molar-refractivity contribution in [1.82, 2.24) is 14.9 Å². The fourth-order valence-corrected chi connectivity index (χ4v) is 1.86. The van der Waals surface area contributed by atoms with E-state index < -0.39 is 0 Å². The molecule has 0 aliphatic rings. The molecule has 2 aromatic heterocycles. The van der Waals surface area contributed by atoms with Gasteiger partial charge in [0.1, 0.15) is 0 Å². The average Bonchev–Trinajstić information content (AvgIpc) is 2.97. The third kappa shape index (κ3) is 3.42. The maximum Gasteiger partial charge on any atom is 0.253 e. The number of H-pyrrole nitrogens is 1. The van der Waals surface area contributed by atoms with E-state index in [9.17, 15) is 4.79 Å². The van der Waals surface area contributed by atoms with Gasteiger partial charge in [0, 0.05) is 44.3 Å². The molecule has 5 heteroatoms. The molecule has 1 amide bonds. The second kappa shape index (κ2) is 6.15. The zero-order valence-electron chi connectivity index (χ0n) is 11.0. The maximum absolute atomic E-state index is 12.2. The smallest absolute Gasteiger partial charge is 0.253 e. The standard InChI is InChI=1S/C14H18N4O/c1-18(7-4-11-2-5-16-10-11)14(19)12-3-6-17-13(8-12)9-15/h2-3,5-6,8,10,16H,4,7,9,15H2,1H3. The van der Waals surface area contributed by atoms with Gasteiger partial charge in [-0.15, -0.1) is 0 Å². The fraction of sp³-hybridized carbons (Fsp3) is 0.286. The molecular formula is C14H18N4O. The van der Waals surface area contributed by atoms with Crippen LogP contribution in [0.4, 0.5) is 0 Å². The van der Waals surface area contributed by atoms with Crippen LogP contribution in [0, 0.1) is 0 Å². The number of nitrogens with one attached hydrogen (secondary N) is 1. The van der Waals surface area contributed by atoms with Crippen molar-refractivity contribution in [2.75, 3.05) is 13.6 Å². The highest BCUT2D eigenvalue weighted by molar-refractivity contribution is 5.94. The number of nitrogens with two attached hydrogens (primary N) is 1. The molecule has 5 nitrogen and oxygen atoms in total. The number of carbonyl (C=O) groups is 1. The first kappa shape index (κ1) is 13.3. The highest BCUT2D eigenvalue weighted by Gasteiger charge is 2.12. The Morgan fingerprint density at radius 1 is 1.47 bits per heavy atom. The third-order valence-corrected chi connectivity index (χ3v) is 3.02. The lowest BCUT2D eigenvalue weighted by molar-refractivity contribution is 0.0796. The van der Waals surface area contributed by atoms with Crippen LogP contribution in [-0.2, 0) is 13.0 Å². The first-order valence-corrected chi connectivity index (χ1v) is 6.23. The van der Waals surface area contributed by atoms with Gasteiger partial charge >= 0.3 is 0 Å². The predicted octanol–water partition coefficient (Wildman–Crippen LogP) is 1.18. The van der Waals surface area contributed by atoms with Crippen molar-refractivity contribution in [2.45, 2.75) is 13.0 Å². The first-order valence-electron chi connectivity index (χ1n) is 6.23. The number of amides is 1. The summed E-state index contributed by atoms with van der Waals surface area (Å²) in [6.07, 6.45) is 6.28. The Morgan fingerprint density at radius 2 is 2.32 bits per heavy atom. The van der Waals surface area contributed by atoms with Gasteiger partial charge in [0.25, 0.3) is 5.91 Å². The van der Waals surface area contributed by atoms with Gasteiger partial charge in [-0.25, -0.2) is 0 Å². The summed E-state index contributed by atoms with van der Waals surface area (Å²) in [6.45, 7) is 1.02. The molecule has 0 spiro atoms. The Labute approximate surface area is 112 Å². The average molecular weight is 258 g/mol. The first-order chi connectivity index (χ1) is 9.20. The van der Waals surface area contributed by atoms with Gasteiger partial charge in [-0.2, -0.15) is 0 Å². The Morgan fingerprint density at radius 3 is 3.00 bits per heavy atom. The molecule has 0 saturated carbocycles. The van der Waals surface area contributed by atoms with Crippen LogP contribution in [0.3, 0.4) is 0 Å². The monoisotopic (exact) mass is 258 g/mol. The third-order valence-electron chi connectivity index (χ3n) is 3.02. The number of nitrogens with zero attached hydrogens (tertiary/aromatic N) is 2. The van der Waals surface area contributed by atoms with E-state index in [1.54, 1.807) is 30.3 Å². The van der Waals surface area contributed by atoms with Crippen molar-refractivity contribution in [3.63, 3.8) is 0 Å². The summed E-state index contributed by atoms with van der Waals surface area (Å²) in [5, 5.41) is 0. The molecule has 2 aromatic rings. The molecule has 0 saturated heterocycles. The maximum atomic E-state index is 12.2. The number of rotatable bonds is 5. The molecule has 0 aromatic carbocycles.